The molecule has 7 heteroatoms. The lowest BCUT2D eigenvalue weighted by molar-refractivity contribution is -0.157. The molecule has 0 aromatic heterocycles. The second-order valence-corrected chi connectivity index (χ2v) is 10.5. The normalized spacial score (nSPS) is 21.8. The Hall–Kier alpha value is -0.600. The maximum Gasteiger partial charge on any atom is 0.327 e. The third-order valence-corrected chi connectivity index (χ3v) is 8.29. The van der Waals surface area contributed by atoms with E-state index in [0.29, 0.717) is 12.3 Å². The van der Waals surface area contributed by atoms with E-state index >= 15 is 0 Å². The molecule has 4 atom stereocenters. The van der Waals surface area contributed by atoms with Crippen molar-refractivity contribution in [3.05, 3.63) is 12.2 Å². The van der Waals surface area contributed by atoms with Gasteiger partial charge in [-0.05, 0) is 50.4 Å². The minimum Gasteiger partial charge on any atom is -0.468 e. The van der Waals surface area contributed by atoms with Crippen LogP contribution < -0.4 is 0 Å². The summed E-state index contributed by atoms with van der Waals surface area (Å²) in [5, 5.41) is 38.6. The van der Waals surface area contributed by atoms with E-state index in [1.54, 1.807) is 0 Å². The molecule has 32 heavy (non-hydrogen) atoms. The number of carbonyl (C=O) groups is 1. The van der Waals surface area contributed by atoms with Crippen molar-refractivity contribution < 1.29 is 30.0 Å². The molecule has 0 saturated heterocycles. The Morgan fingerprint density at radius 1 is 1.12 bits per heavy atom. The fourth-order valence-electron chi connectivity index (χ4n) is 4.62. The van der Waals surface area contributed by atoms with Gasteiger partial charge in [0.1, 0.15) is 0 Å². The van der Waals surface area contributed by atoms with Crippen LogP contribution in [0.15, 0.2) is 12.2 Å². The van der Waals surface area contributed by atoms with Crippen LogP contribution in [0.1, 0.15) is 90.4 Å². The van der Waals surface area contributed by atoms with Crippen LogP contribution in [0.3, 0.4) is 0 Å². The first-order valence-corrected chi connectivity index (χ1v) is 13.4. The van der Waals surface area contributed by atoms with Crippen LogP contribution >= 0.6 is 11.8 Å². The van der Waals surface area contributed by atoms with Crippen LogP contribution in [0.4, 0.5) is 0 Å². The number of aliphatic hydroxyl groups excluding tert-OH is 3. The Morgan fingerprint density at radius 3 is 2.53 bits per heavy atom. The second kappa shape index (κ2) is 16.9. The summed E-state index contributed by atoms with van der Waals surface area (Å²) in [6, 6.07) is 0. The van der Waals surface area contributed by atoms with E-state index in [9.17, 15) is 20.1 Å². The molecule has 1 aliphatic rings. The Kier molecular flexibility index (Phi) is 15.6. The monoisotopic (exact) mass is 474 g/mol. The molecule has 2 unspecified atom stereocenters. The maximum atomic E-state index is 12.4. The fourth-order valence-corrected chi connectivity index (χ4v) is 5.85. The molecule has 0 spiro atoms. The van der Waals surface area contributed by atoms with Gasteiger partial charge in [0.25, 0.3) is 0 Å². The van der Waals surface area contributed by atoms with Crippen molar-refractivity contribution in [3.8, 4) is 0 Å². The molecule has 4 N–H and O–H groups in total. The zero-order valence-electron chi connectivity index (χ0n) is 20.1. The number of allylic oxidation sites excluding steroid dienone is 2. The van der Waals surface area contributed by atoms with E-state index in [0.717, 1.165) is 36.9 Å². The van der Waals surface area contributed by atoms with Crippen molar-refractivity contribution in [2.45, 2.75) is 108 Å². The van der Waals surface area contributed by atoms with Gasteiger partial charge in [-0.1, -0.05) is 64.0 Å². The maximum absolute atomic E-state index is 12.4. The van der Waals surface area contributed by atoms with Crippen molar-refractivity contribution >= 4 is 17.7 Å². The number of methoxy groups -OCH3 is 1. The van der Waals surface area contributed by atoms with Crippen molar-refractivity contribution in [3.63, 3.8) is 0 Å². The van der Waals surface area contributed by atoms with E-state index < -0.39 is 29.7 Å². The summed E-state index contributed by atoms with van der Waals surface area (Å²) >= 11 is 0.948. The molecule has 0 aromatic rings. The molecule has 0 aliphatic heterocycles. The first-order valence-electron chi connectivity index (χ1n) is 12.4. The van der Waals surface area contributed by atoms with E-state index in [-0.39, 0.29) is 12.2 Å². The molecule has 0 radical (unpaired) electrons. The van der Waals surface area contributed by atoms with Crippen LogP contribution in [0.2, 0.25) is 0 Å². The first kappa shape index (κ1) is 29.4. The van der Waals surface area contributed by atoms with E-state index in [1.807, 2.05) is 0 Å². The van der Waals surface area contributed by atoms with Crippen LogP contribution in [0.5, 0.6) is 0 Å². The number of thioether (sulfide) groups is 1. The number of esters is 1. The minimum absolute atomic E-state index is 0.0255. The van der Waals surface area contributed by atoms with Crippen LogP contribution in [0.25, 0.3) is 0 Å². The zero-order chi connectivity index (χ0) is 23.8. The Labute approximate surface area is 198 Å². The van der Waals surface area contributed by atoms with E-state index in [2.05, 4.69) is 19.1 Å². The van der Waals surface area contributed by atoms with E-state index in [1.165, 1.54) is 58.5 Å². The molecule has 1 aliphatic carbocycles. The lowest BCUT2D eigenvalue weighted by Gasteiger charge is -2.32. The summed E-state index contributed by atoms with van der Waals surface area (Å²) < 4.78 is 3.29. The summed E-state index contributed by atoms with van der Waals surface area (Å²) in [5.41, 5.74) is 0. The third kappa shape index (κ3) is 10.1. The summed E-state index contributed by atoms with van der Waals surface area (Å²) in [5.74, 6) is 0.732. The standard InChI is InChI=1S/C25H46O6S/c1-3-4-5-6-7-9-13-20-15-12-16-21(20)14-10-8-11-17-25(23(28)29,24(30)31-2)32-19-22(27)18-26/h9,13,20-23,26-29H,3-8,10-12,14-19H2,1-2H3/t20-,21-,22?,25?/m0/s1. The van der Waals surface area contributed by atoms with Gasteiger partial charge in [0.05, 0.1) is 19.8 Å². The van der Waals surface area contributed by atoms with Gasteiger partial charge in [-0.2, -0.15) is 0 Å². The topological polar surface area (TPSA) is 107 Å². The number of ether oxygens (including phenoxy) is 1. The molecule has 0 heterocycles. The highest BCUT2D eigenvalue weighted by molar-refractivity contribution is 8.01. The first-order chi connectivity index (χ1) is 15.4. The van der Waals surface area contributed by atoms with E-state index in [4.69, 9.17) is 9.84 Å². The Morgan fingerprint density at radius 2 is 1.88 bits per heavy atom. The van der Waals surface area contributed by atoms with Crippen LogP contribution in [-0.4, -0.2) is 63.0 Å². The number of unbranched alkanes of at least 4 members (excludes halogenated alkanes) is 6. The summed E-state index contributed by atoms with van der Waals surface area (Å²) in [6.07, 6.45) is 16.2. The van der Waals surface area contributed by atoms with Gasteiger partial charge < -0.3 is 25.2 Å². The van der Waals surface area contributed by atoms with Crippen molar-refractivity contribution in [1.82, 2.24) is 0 Å². The smallest absolute Gasteiger partial charge is 0.327 e. The van der Waals surface area contributed by atoms with Gasteiger partial charge in [-0.15, -0.1) is 11.8 Å². The second-order valence-electron chi connectivity index (χ2n) is 9.13. The highest BCUT2D eigenvalue weighted by Crippen LogP contribution is 2.38. The van der Waals surface area contributed by atoms with Crippen LogP contribution in [-0.2, 0) is 9.53 Å². The van der Waals surface area contributed by atoms with Crippen LogP contribution in [0, 0.1) is 11.8 Å². The predicted octanol–water partition coefficient (Wildman–Crippen LogP) is 4.19. The third-order valence-electron chi connectivity index (χ3n) is 6.64. The van der Waals surface area contributed by atoms with Gasteiger partial charge in [0, 0.05) is 5.75 Å². The number of aliphatic hydroxyl groups is 4. The molecular weight excluding hydrogens is 428 g/mol. The minimum atomic E-state index is -1.90. The fraction of sp³-hybridized carbons (Fsp3) is 0.880. The molecule has 188 valence electrons. The van der Waals surface area contributed by atoms with Gasteiger partial charge in [0.15, 0.2) is 11.0 Å². The number of hydrogen-bond donors (Lipinski definition) is 4. The van der Waals surface area contributed by atoms with Crippen molar-refractivity contribution in [1.29, 1.82) is 0 Å². The quantitative estimate of drug-likeness (QED) is 0.102. The number of rotatable bonds is 18. The Bertz CT molecular complexity index is 527. The Balaban J connectivity index is 2.45. The summed E-state index contributed by atoms with van der Waals surface area (Å²) in [7, 11) is 1.22. The lowest BCUT2D eigenvalue weighted by atomic mass is 9.89. The largest absolute Gasteiger partial charge is 0.468 e. The molecule has 6 nitrogen and oxygen atoms in total. The molecule has 1 fully saturated rings. The molecule has 0 aromatic carbocycles. The average molecular weight is 475 g/mol. The molecule has 0 amide bonds. The van der Waals surface area contributed by atoms with Gasteiger partial charge in [0.2, 0.25) is 0 Å². The molecule has 1 saturated carbocycles. The van der Waals surface area contributed by atoms with Gasteiger partial charge in [-0.3, -0.25) is 4.79 Å². The lowest BCUT2D eigenvalue weighted by Crippen LogP contribution is -2.48. The highest BCUT2D eigenvalue weighted by Gasteiger charge is 2.46. The number of carbonyl (C=O) groups excluding carboxylic acids is 1. The number of hydrogen-bond acceptors (Lipinski definition) is 7. The SMILES string of the molecule is CCCCCCC=C[C@H]1CCC[C@@H]1CCCCCC(SCC(O)CO)(C(=O)OC)C(O)O. The van der Waals surface area contributed by atoms with Gasteiger partial charge >= 0.3 is 5.97 Å². The highest BCUT2D eigenvalue weighted by atomic mass is 32.2. The predicted molar refractivity (Wildman–Crippen MR) is 130 cm³/mol. The zero-order valence-corrected chi connectivity index (χ0v) is 20.9. The van der Waals surface area contributed by atoms with Crippen molar-refractivity contribution in [2.24, 2.45) is 11.8 Å². The average Bonchev–Trinajstić information content (AvgIpc) is 3.24. The molecule has 0 bridgehead atoms. The summed E-state index contributed by atoms with van der Waals surface area (Å²) in [4.78, 5) is 12.4. The summed E-state index contributed by atoms with van der Waals surface area (Å²) in [6.45, 7) is 1.79. The molecule has 1 rings (SSSR count). The van der Waals surface area contributed by atoms with Gasteiger partial charge in [-0.25, -0.2) is 0 Å². The van der Waals surface area contributed by atoms with Crippen molar-refractivity contribution in [2.75, 3.05) is 19.5 Å². The molecular formula is C25H46O6S.